The lowest BCUT2D eigenvalue weighted by atomic mass is 9.86. The van der Waals surface area contributed by atoms with Gasteiger partial charge in [-0.3, -0.25) is 4.79 Å². The van der Waals surface area contributed by atoms with Crippen molar-refractivity contribution in [1.82, 2.24) is 15.2 Å². The minimum Gasteiger partial charge on any atom is -0.506 e. The van der Waals surface area contributed by atoms with Crippen LogP contribution in [-0.4, -0.2) is 51.7 Å². The van der Waals surface area contributed by atoms with Gasteiger partial charge in [-0.25, -0.2) is 9.78 Å². The molecule has 0 radical (unpaired) electrons. The van der Waals surface area contributed by atoms with E-state index in [0.717, 1.165) is 5.56 Å². The standard InChI is InChI=1S/C23H31ClN4O4S/c1-22(2,3)15-7-17(18(29)8-16(15)24)25-9-13-12-33-20(27-13)19(30)26-14-10-28(11-14)21(31)32-23(4,5)6/h7-8,12,14,25,29H,9-11H2,1-6H3,(H,26,30). The van der Waals surface area contributed by atoms with E-state index >= 15 is 0 Å². The Morgan fingerprint density at radius 2 is 1.91 bits per heavy atom. The van der Waals surface area contributed by atoms with Crippen LogP contribution in [-0.2, 0) is 16.7 Å². The van der Waals surface area contributed by atoms with Gasteiger partial charge in [0.25, 0.3) is 5.91 Å². The molecule has 180 valence electrons. The molecular formula is C23H31ClN4O4S. The van der Waals surface area contributed by atoms with Crippen molar-refractivity contribution in [3.05, 3.63) is 38.8 Å². The number of hydrogen-bond donors (Lipinski definition) is 3. The third-order valence-corrected chi connectivity index (χ3v) is 6.17. The van der Waals surface area contributed by atoms with E-state index in [0.29, 0.717) is 41.0 Å². The van der Waals surface area contributed by atoms with Crippen LogP contribution in [0.4, 0.5) is 10.5 Å². The summed E-state index contributed by atoms with van der Waals surface area (Å²) < 4.78 is 5.32. The number of aromatic nitrogens is 1. The Morgan fingerprint density at radius 3 is 2.52 bits per heavy atom. The first-order valence-electron chi connectivity index (χ1n) is 10.7. The summed E-state index contributed by atoms with van der Waals surface area (Å²) in [6, 6.07) is 3.24. The predicted molar refractivity (Wildman–Crippen MR) is 130 cm³/mol. The molecule has 33 heavy (non-hydrogen) atoms. The fourth-order valence-electron chi connectivity index (χ4n) is 3.25. The molecule has 0 saturated carbocycles. The summed E-state index contributed by atoms with van der Waals surface area (Å²) in [5.41, 5.74) is 1.44. The fourth-order valence-corrected chi connectivity index (χ4v) is 4.41. The predicted octanol–water partition coefficient (Wildman–Crippen LogP) is 4.76. The number of halogens is 1. The minimum atomic E-state index is -0.548. The smallest absolute Gasteiger partial charge is 0.410 e. The number of phenols is 1. The van der Waals surface area contributed by atoms with Crippen LogP contribution in [0.15, 0.2) is 17.5 Å². The number of thiazole rings is 1. The quantitative estimate of drug-likeness (QED) is 0.518. The Balaban J connectivity index is 1.53. The molecule has 0 aliphatic carbocycles. The largest absolute Gasteiger partial charge is 0.506 e. The van der Waals surface area contributed by atoms with Crippen LogP contribution in [0.25, 0.3) is 0 Å². The van der Waals surface area contributed by atoms with Gasteiger partial charge in [0.15, 0.2) is 5.01 Å². The van der Waals surface area contributed by atoms with Crippen molar-refractivity contribution in [2.75, 3.05) is 18.4 Å². The molecule has 3 rings (SSSR count). The number of benzene rings is 1. The van der Waals surface area contributed by atoms with Gasteiger partial charge in [-0.05, 0) is 37.8 Å². The van der Waals surface area contributed by atoms with E-state index in [1.54, 1.807) is 10.3 Å². The van der Waals surface area contributed by atoms with Crippen molar-refractivity contribution in [2.45, 2.75) is 65.1 Å². The van der Waals surface area contributed by atoms with E-state index in [2.05, 4.69) is 36.4 Å². The maximum absolute atomic E-state index is 12.5. The molecule has 0 unspecified atom stereocenters. The van der Waals surface area contributed by atoms with Gasteiger partial charge in [0, 0.05) is 29.6 Å². The molecule has 1 fully saturated rings. The molecule has 2 aromatic rings. The number of likely N-dealkylation sites (tertiary alicyclic amines) is 1. The number of anilines is 1. The molecular weight excluding hydrogens is 464 g/mol. The summed E-state index contributed by atoms with van der Waals surface area (Å²) in [5.74, 6) is -0.217. The zero-order valence-corrected chi connectivity index (χ0v) is 21.4. The van der Waals surface area contributed by atoms with E-state index in [1.165, 1.54) is 17.4 Å². The molecule has 0 spiro atoms. The zero-order chi connectivity index (χ0) is 24.6. The van der Waals surface area contributed by atoms with Gasteiger partial charge >= 0.3 is 6.09 Å². The average molecular weight is 495 g/mol. The van der Waals surface area contributed by atoms with E-state index in [-0.39, 0.29) is 29.2 Å². The summed E-state index contributed by atoms with van der Waals surface area (Å²) in [6.07, 6.45) is -0.379. The van der Waals surface area contributed by atoms with E-state index < -0.39 is 5.60 Å². The number of hydrogen-bond acceptors (Lipinski definition) is 7. The Hall–Kier alpha value is -2.52. The average Bonchev–Trinajstić information content (AvgIpc) is 3.10. The summed E-state index contributed by atoms with van der Waals surface area (Å²) in [4.78, 5) is 30.5. The molecule has 2 amide bonds. The minimum absolute atomic E-state index is 0.0562. The van der Waals surface area contributed by atoms with Gasteiger partial charge in [-0.1, -0.05) is 32.4 Å². The Labute approximate surface area is 203 Å². The Kier molecular flexibility index (Phi) is 7.14. The first-order chi connectivity index (χ1) is 15.2. The first-order valence-corrected chi connectivity index (χ1v) is 12.0. The SMILES string of the molecule is CC(C)(C)OC(=O)N1CC(NC(=O)c2nc(CNc3cc(C(C)(C)C)c(Cl)cc3O)cs2)C1. The van der Waals surface area contributed by atoms with Gasteiger partial charge in [0.05, 0.1) is 24.0 Å². The number of aromatic hydroxyl groups is 1. The topological polar surface area (TPSA) is 104 Å². The van der Waals surface area contributed by atoms with Crippen LogP contribution in [0.2, 0.25) is 5.02 Å². The summed E-state index contributed by atoms with van der Waals surface area (Å²) in [5, 5.41) is 19.0. The van der Waals surface area contributed by atoms with Gasteiger partial charge < -0.3 is 25.4 Å². The van der Waals surface area contributed by atoms with Gasteiger partial charge in [0.2, 0.25) is 0 Å². The third-order valence-electron chi connectivity index (χ3n) is 4.97. The van der Waals surface area contributed by atoms with Gasteiger partial charge in [-0.15, -0.1) is 11.3 Å². The van der Waals surface area contributed by atoms with Gasteiger partial charge in [0.1, 0.15) is 11.4 Å². The molecule has 1 aromatic carbocycles. The number of phenolic OH excluding ortho intramolecular Hbond substituents is 1. The molecule has 10 heteroatoms. The summed E-state index contributed by atoms with van der Waals surface area (Å²) in [7, 11) is 0. The van der Waals surface area contributed by atoms with Crippen molar-refractivity contribution >= 4 is 40.6 Å². The van der Waals surface area contributed by atoms with Crippen molar-refractivity contribution < 1.29 is 19.4 Å². The lowest BCUT2D eigenvalue weighted by molar-refractivity contribution is 0.00533. The van der Waals surface area contributed by atoms with E-state index in [4.69, 9.17) is 16.3 Å². The van der Waals surface area contributed by atoms with Crippen LogP contribution in [0.1, 0.15) is 62.6 Å². The molecule has 1 aliphatic rings. The molecule has 2 heterocycles. The molecule has 0 atom stereocenters. The third kappa shape index (κ3) is 6.51. The van der Waals surface area contributed by atoms with Crippen LogP contribution in [0.5, 0.6) is 5.75 Å². The molecule has 3 N–H and O–H groups in total. The number of nitrogens with one attached hydrogen (secondary N) is 2. The van der Waals surface area contributed by atoms with E-state index in [9.17, 15) is 14.7 Å². The number of carbonyl (C=O) groups excluding carboxylic acids is 2. The summed E-state index contributed by atoms with van der Waals surface area (Å²) in [6.45, 7) is 12.8. The van der Waals surface area contributed by atoms with Crippen LogP contribution < -0.4 is 10.6 Å². The fraction of sp³-hybridized carbons (Fsp3) is 0.522. The highest BCUT2D eigenvalue weighted by Gasteiger charge is 2.35. The van der Waals surface area contributed by atoms with Crippen molar-refractivity contribution in [1.29, 1.82) is 0 Å². The highest BCUT2D eigenvalue weighted by molar-refractivity contribution is 7.11. The first kappa shape index (κ1) is 25.1. The maximum Gasteiger partial charge on any atom is 0.410 e. The number of amides is 2. The zero-order valence-electron chi connectivity index (χ0n) is 19.8. The monoisotopic (exact) mass is 494 g/mol. The lowest BCUT2D eigenvalue weighted by Gasteiger charge is -2.39. The second-order valence-corrected chi connectivity index (χ2v) is 11.4. The van der Waals surface area contributed by atoms with Crippen LogP contribution in [0.3, 0.4) is 0 Å². The van der Waals surface area contributed by atoms with Gasteiger partial charge in [-0.2, -0.15) is 0 Å². The second-order valence-electron chi connectivity index (χ2n) is 10.2. The molecule has 1 aliphatic heterocycles. The number of carbonyl (C=O) groups is 2. The number of ether oxygens (including phenoxy) is 1. The van der Waals surface area contributed by atoms with Crippen molar-refractivity contribution in [3.63, 3.8) is 0 Å². The highest BCUT2D eigenvalue weighted by Crippen LogP contribution is 2.37. The second kappa shape index (κ2) is 9.38. The van der Waals surface area contributed by atoms with Crippen molar-refractivity contribution in [2.24, 2.45) is 0 Å². The van der Waals surface area contributed by atoms with E-state index in [1.807, 2.05) is 26.8 Å². The highest BCUT2D eigenvalue weighted by atomic mass is 35.5. The van der Waals surface area contributed by atoms with Crippen LogP contribution >= 0.6 is 22.9 Å². The molecule has 8 nitrogen and oxygen atoms in total. The number of nitrogens with zero attached hydrogens (tertiary/aromatic N) is 2. The van der Waals surface area contributed by atoms with Crippen LogP contribution in [0, 0.1) is 0 Å². The Bertz CT molecular complexity index is 1040. The molecule has 1 saturated heterocycles. The maximum atomic E-state index is 12.5. The molecule has 1 aromatic heterocycles. The Morgan fingerprint density at radius 1 is 1.24 bits per heavy atom. The van der Waals surface area contributed by atoms with Crippen molar-refractivity contribution in [3.8, 4) is 5.75 Å². The summed E-state index contributed by atoms with van der Waals surface area (Å²) >= 11 is 7.53. The normalized spacial score (nSPS) is 14.6. The number of rotatable bonds is 5. The molecule has 0 bridgehead atoms. The lowest BCUT2D eigenvalue weighted by Crippen LogP contribution is -2.61.